The molecule has 6 nitrogen and oxygen atoms in total. The van der Waals surface area contributed by atoms with E-state index in [0.717, 1.165) is 20.1 Å². The van der Waals surface area contributed by atoms with Crippen molar-refractivity contribution in [1.82, 2.24) is 0 Å². The SMILES string of the molecule is O=C(Nc1ccc(Br)cc1)c1ccccc1N(Cc1ccc(Br)cc1)C(=O)CON=Cc1ccccc1. The summed E-state index contributed by atoms with van der Waals surface area (Å²) in [6, 6.07) is 31.4. The van der Waals surface area contributed by atoms with Crippen molar-refractivity contribution < 1.29 is 14.4 Å². The lowest BCUT2D eigenvalue weighted by molar-refractivity contribution is -0.123. The van der Waals surface area contributed by atoms with Gasteiger partial charge >= 0.3 is 0 Å². The highest BCUT2D eigenvalue weighted by Gasteiger charge is 2.23. The molecule has 0 bridgehead atoms. The fourth-order valence-corrected chi connectivity index (χ4v) is 4.05. The van der Waals surface area contributed by atoms with Gasteiger partial charge in [-0.25, -0.2) is 0 Å². The Kier molecular flexibility index (Phi) is 9.24. The third kappa shape index (κ3) is 7.62. The van der Waals surface area contributed by atoms with Gasteiger partial charge in [0.15, 0.2) is 6.61 Å². The molecule has 1 N–H and O–H groups in total. The van der Waals surface area contributed by atoms with Crippen molar-refractivity contribution in [2.24, 2.45) is 5.16 Å². The van der Waals surface area contributed by atoms with E-state index in [2.05, 4.69) is 42.3 Å². The zero-order valence-electron chi connectivity index (χ0n) is 19.7. The van der Waals surface area contributed by atoms with Gasteiger partial charge in [-0.15, -0.1) is 0 Å². The predicted molar refractivity (Wildman–Crippen MR) is 154 cm³/mol. The molecule has 0 radical (unpaired) electrons. The second-order valence-corrected chi connectivity index (χ2v) is 9.83. The molecule has 4 aromatic rings. The Morgan fingerprint density at radius 1 is 0.811 bits per heavy atom. The number of carbonyl (C=O) groups excluding carboxylic acids is 2. The number of nitrogens with one attached hydrogen (secondary N) is 1. The van der Waals surface area contributed by atoms with Crippen LogP contribution in [0.25, 0.3) is 0 Å². The summed E-state index contributed by atoms with van der Waals surface area (Å²) in [7, 11) is 0. The largest absolute Gasteiger partial charge is 0.386 e. The fourth-order valence-electron chi connectivity index (χ4n) is 3.52. The van der Waals surface area contributed by atoms with Crippen LogP contribution in [0.5, 0.6) is 0 Å². The Balaban J connectivity index is 1.57. The molecule has 0 aliphatic rings. The van der Waals surface area contributed by atoms with E-state index in [0.29, 0.717) is 16.9 Å². The number of benzene rings is 4. The van der Waals surface area contributed by atoms with Gasteiger partial charge < -0.3 is 15.1 Å². The van der Waals surface area contributed by atoms with E-state index in [1.165, 1.54) is 4.90 Å². The van der Waals surface area contributed by atoms with Crippen molar-refractivity contribution in [3.8, 4) is 0 Å². The van der Waals surface area contributed by atoms with Crippen LogP contribution in [0.15, 0.2) is 117 Å². The van der Waals surface area contributed by atoms with E-state index in [-0.39, 0.29) is 25.0 Å². The third-order valence-electron chi connectivity index (χ3n) is 5.36. The average molecular weight is 621 g/mol. The molecule has 2 amide bonds. The summed E-state index contributed by atoms with van der Waals surface area (Å²) in [5.41, 5.74) is 3.24. The monoisotopic (exact) mass is 619 g/mol. The van der Waals surface area contributed by atoms with Crippen LogP contribution in [0.1, 0.15) is 21.5 Å². The Labute approximate surface area is 232 Å². The van der Waals surface area contributed by atoms with Crippen LogP contribution in [-0.2, 0) is 16.2 Å². The maximum absolute atomic E-state index is 13.4. The maximum atomic E-state index is 13.4. The van der Waals surface area contributed by atoms with Crippen molar-refractivity contribution in [1.29, 1.82) is 0 Å². The summed E-state index contributed by atoms with van der Waals surface area (Å²) in [5, 5.41) is 6.84. The molecule has 0 saturated carbocycles. The number of para-hydroxylation sites is 1. The minimum atomic E-state index is -0.336. The van der Waals surface area contributed by atoms with Crippen LogP contribution in [0.3, 0.4) is 0 Å². The smallest absolute Gasteiger partial charge is 0.268 e. The van der Waals surface area contributed by atoms with Crippen molar-refractivity contribution in [3.05, 3.63) is 129 Å². The van der Waals surface area contributed by atoms with Crippen LogP contribution >= 0.6 is 31.9 Å². The topological polar surface area (TPSA) is 71.0 Å². The lowest BCUT2D eigenvalue weighted by Crippen LogP contribution is -2.34. The van der Waals surface area contributed by atoms with E-state index in [9.17, 15) is 9.59 Å². The number of amides is 2. The summed E-state index contributed by atoms with van der Waals surface area (Å²) in [4.78, 5) is 33.5. The van der Waals surface area contributed by atoms with Gasteiger partial charge in [0.1, 0.15) is 0 Å². The molecule has 0 aliphatic carbocycles. The predicted octanol–water partition coefficient (Wildman–Crippen LogP) is 7.05. The number of anilines is 2. The van der Waals surface area contributed by atoms with Crippen molar-refractivity contribution >= 4 is 61.3 Å². The first kappa shape index (κ1) is 26.3. The van der Waals surface area contributed by atoms with Crippen LogP contribution in [0.2, 0.25) is 0 Å². The first-order valence-electron chi connectivity index (χ1n) is 11.4. The van der Waals surface area contributed by atoms with E-state index >= 15 is 0 Å². The molecular formula is C29H23Br2N3O3. The Morgan fingerprint density at radius 2 is 1.43 bits per heavy atom. The quantitative estimate of drug-likeness (QED) is 0.161. The van der Waals surface area contributed by atoms with Gasteiger partial charge in [-0.2, -0.15) is 0 Å². The highest BCUT2D eigenvalue weighted by atomic mass is 79.9. The summed E-state index contributed by atoms with van der Waals surface area (Å²) in [6.45, 7) is -0.0387. The molecule has 0 atom stereocenters. The number of rotatable bonds is 9. The highest BCUT2D eigenvalue weighted by Crippen LogP contribution is 2.25. The zero-order chi connectivity index (χ0) is 26.0. The minimum Gasteiger partial charge on any atom is -0.386 e. The summed E-state index contributed by atoms with van der Waals surface area (Å²) < 4.78 is 1.84. The van der Waals surface area contributed by atoms with Gasteiger partial charge in [-0.3, -0.25) is 9.59 Å². The maximum Gasteiger partial charge on any atom is 0.268 e. The van der Waals surface area contributed by atoms with Crippen molar-refractivity contribution in [3.63, 3.8) is 0 Å². The van der Waals surface area contributed by atoms with E-state index in [1.54, 1.807) is 42.6 Å². The van der Waals surface area contributed by atoms with Gasteiger partial charge in [0.05, 0.1) is 24.0 Å². The molecule has 0 aliphatic heterocycles. The van der Waals surface area contributed by atoms with Gasteiger partial charge in [-0.1, -0.05) is 91.6 Å². The number of carbonyl (C=O) groups is 2. The van der Waals surface area contributed by atoms with Crippen LogP contribution < -0.4 is 10.2 Å². The van der Waals surface area contributed by atoms with Crippen molar-refractivity contribution in [2.75, 3.05) is 16.8 Å². The summed E-state index contributed by atoms with van der Waals surface area (Å²) in [5.74, 6) is -0.661. The molecule has 0 fully saturated rings. The average Bonchev–Trinajstić information content (AvgIpc) is 2.92. The Morgan fingerprint density at radius 3 is 2.14 bits per heavy atom. The number of hydrogen-bond donors (Lipinski definition) is 1. The third-order valence-corrected chi connectivity index (χ3v) is 6.42. The lowest BCUT2D eigenvalue weighted by atomic mass is 10.1. The molecule has 186 valence electrons. The lowest BCUT2D eigenvalue weighted by Gasteiger charge is -2.25. The molecule has 0 spiro atoms. The fraction of sp³-hybridized carbons (Fsp3) is 0.0690. The molecule has 4 aromatic carbocycles. The minimum absolute atomic E-state index is 0.250. The Bertz CT molecular complexity index is 1380. The summed E-state index contributed by atoms with van der Waals surface area (Å²) >= 11 is 6.84. The van der Waals surface area contributed by atoms with Crippen LogP contribution in [0, 0.1) is 0 Å². The normalized spacial score (nSPS) is 10.8. The highest BCUT2D eigenvalue weighted by molar-refractivity contribution is 9.10. The van der Waals surface area contributed by atoms with Gasteiger partial charge in [0, 0.05) is 14.6 Å². The van der Waals surface area contributed by atoms with E-state index in [4.69, 9.17) is 4.84 Å². The molecule has 0 unspecified atom stereocenters. The first-order chi connectivity index (χ1) is 18.0. The van der Waals surface area contributed by atoms with Crippen LogP contribution in [0.4, 0.5) is 11.4 Å². The number of halogens is 2. The molecule has 0 heterocycles. The first-order valence-corrected chi connectivity index (χ1v) is 13.0. The molecule has 0 aromatic heterocycles. The van der Waals surface area contributed by atoms with Gasteiger partial charge in [-0.05, 0) is 59.7 Å². The van der Waals surface area contributed by atoms with E-state index in [1.807, 2.05) is 66.7 Å². The second kappa shape index (κ2) is 13.0. The zero-order valence-corrected chi connectivity index (χ0v) is 22.9. The van der Waals surface area contributed by atoms with Crippen molar-refractivity contribution in [2.45, 2.75) is 6.54 Å². The number of nitrogens with zero attached hydrogens (tertiary/aromatic N) is 2. The van der Waals surface area contributed by atoms with Crippen LogP contribution in [-0.4, -0.2) is 24.6 Å². The Hall–Kier alpha value is -3.75. The number of hydrogen-bond acceptors (Lipinski definition) is 4. The second-order valence-electron chi connectivity index (χ2n) is 8.00. The standard InChI is InChI=1S/C29H23Br2N3O3/c30-23-12-10-22(11-13-23)19-34(28(35)20-37-32-18-21-6-2-1-3-7-21)27-9-5-4-8-26(27)29(36)33-25-16-14-24(31)15-17-25/h1-18H,19-20H2,(H,33,36). The molecule has 0 saturated heterocycles. The van der Waals surface area contributed by atoms with Gasteiger partial charge in [0.25, 0.3) is 11.8 Å². The molecular weight excluding hydrogens is 598 g/mol. The van der Waals surface area contributed by atoms with E-state index < -0.39 is 0 Å². The molecule has 8 heteroatoms. The molecule has 37 heavy (non-hydrogen) atoms. The van der Waals surface area contributed by atoms with Gasteiger partial charge in [0.2, 0.25) is 0 Å². The molecule has 4 rings (SSSR count). The number of oxime groups is 1. The summed E-state index contributed by atoms with van der Waals surface area (Å²) in [6.07, 6.45) is 1.55.